The third kappa shape index (κ3) is 7.09. The molecule has 1 aromatic heterocycles. The quantitative estimate of drug-likeness (QED) is 0.421. The highest BCUT2D eigenvalue weighted by atomic mass is 32.2. The summed E-state index contributed by atoms with van der Waals surface area (Å²) in [5.41, 5.74) is -1.44. The maximum atomic E-state index is 14.8. The third-order valence-electron chi connectivity index (χ3n) is 9.73. The Morgan fingerprint density at radius 2 is 1.96 bits per heavy atom. The van der Waals surface area contributed by atoms with Crippen LogP contribution in [0.3, 0.4) is 0 Å². The summed E-state index contributed by atoms with van der Waals surface area (Å²) in [4.78, 5) is 47.2. The maximum absolute atomic E-state index is 14.8. The van der Waals surface area contributed by atoms with E-state index in [4.69, 9.17) is 9.47 Å². The molecule has 254 valence electrons. The van der Waals surface area contributed by atoms with E-state index in [2.05, 4.69) is 21.9 Å². The SMILES string of the molecule is CCOc1cc2ccnc(O[C@@H]3C[C@H]4C(=O)N[C@]5(C(=O)NS(=O)(=O)C6CC6)C[C@H]5/C=C\CC[C@H](C)C[C@@H](C)CC(=O)N4C3)c2cc1F. The zero-order valence-electron chi connectivity index (χ0n) is 27.0. The van der Waals surface area contributed by atoms with E-state index in [1.165, 1.54) is 11.0 Å². The summed E-state index contributed by atoms with van der Waals surface area (Å²) in [6.07, 6.45) is 8.89. The molecule has 2 aliphatic heterocycles. The first-order valence-electron chi connectivity index (χ1n) is 16.6. The highest BCUT2D eigenvalue weighted by Gasteiger charge is 2.62. The molecule has 4 aliphatic rings. The first-order chi connectivity index (χ1) is 22.4. The molecule has 2 aliphatic carbocycles. The Morgan fingerprint density at radius 1 is 1.17 bits per heavy atom. The number of sulfonamides is 1. The van der Waals surface area contributed by atoms with E-state index >= 15 is 0 Å². The lowest BCUT2D eigenvalue weighted by Crippen LogP contribution is -2.56. The minimum atomic E-state index is -3.84. The van der Waals surface area contributed by atoms with Crippen molar-refractivity contribution in [1.29, 1.82) is 0 Å². The number of nitrogens with zero attached hydrogens (tertiary/aromatic N) is 2. The summed E-state index contributed by atoms with van der Waals surface area (Å²) in [6, 6.07) is 3.63. The lowest BCUT2D eigenvalue weighted by Gasteiger charge is -2.27. The Labute approximate surface area is 274 Å². The summed E-state index contributed by atoms with van der Waals surface area (Å²) in [6.45, 7) is 6.34. The number of carbonyl (C=O) groups excluding carboxylic acids is 3. The molecule has 0 unspecified atom stereocenters. The predicted octanol–water partition coefficient (Wildman–Crippen LogP) is 4.01. The van der Waals surface area contributed by atoms with Crippen molar-refractivity contribution < 1.29 is 36.7 Å². The molecule has 3 fully saturated rings. The minimum Gasteiger partial charge on any atom is -0.491 e. The van der Waals surface area contributed by atoms with Gasteiger partial charge in [-0.25, -0.2) is 17.8 Å². The zero-order chi connectivity index (χ0) is 33.5. The fourth-order valence-electron chi connectivity index (χ4n) is 6.98. The number of pyridine rings is 1. The van der Waals surface area contributed by atoms with Crippen LogP contribution in [-0.4, -0.2) is 72.1 Å². The molecule has 0 spiro atoms. The smallest absolute Gasteiger partial charge is 0.259 e. The molecule has 6 atom stereocenters. The van der Waals surface area contributed by atoms with Crippen LogP contribution in [0.1, 0.15) is 72.1 Å². The molecule has 13 heteroatoms. The largest absolute Gasteiger partial charge is 0.491 e. The number of aromatic nitrogens is 1. The van der Waals surface area contributed by atoms with Gasteiger partial charge in [-0.15, -0.1) is 0 Å². The van der Waals surface area contributed by atoms with Gasteiger partial charge in [-0.1, -0.05) is 26.0 Å². The van der Waals surface area contributed by atoms with Crippen molar-refractivity contribution in [1.82, 2.24) is 19.9 Å². The van der Waals surface area contributed by atoms with E-state index in [0.29, 0.717) is 36.1 Å². The Hall–Kier alpha value is -3.74. The van der Waals surface area contributed by atoms with Gasteiger partial charge in [0, 0.05) is 30.3 Å². The monoisotopic (exact) mass is 670 g/mol. The van der Waals surface area contributed by atoms with Gasteiger partial charge >= 0.3 is 0 Å². The second-order valence-corrected chi connectivity index (χ2v) is 15.7. The topological polar surface area (TPSA) is 144 Å². The maximum Gasteiger partial charge on any atom is 0.259 e. The first kappa shape index (κ1) is 33.2. The Bertz CT molecular complexity index is 1700. The molecule has 0 radical (unpaired) electrons. The average molecular weight is 671 g/mol. The van der Waals surface area contributed by atoms with E-state index in [1.807, 2.05) is 19.1 Å². The van der Waals surface area contributed by atoms with Crippen LogP contribution >= 0.6 is 0 Å². The van der Waals surface area contributed by atoms with Crippen LogP contribution in [0.15, 0.2) is 36.5 Å². The van der Waals surface area contributed by atoms with Gasteiger partial charge in [-0.05, 0) is 80.9 Å². The number of halogens is 1. The Morgan fingerprint density at radius 3 is 2.70 bits per heavy atom. The van der Waals surface area contributed by atoms with Crippen molar-refractivity contribution in [2.24, 2.45) is 17.8 Å². The van der Waals surface area contributed by atoms with E-state index in [1.54, 1.807) is 25.3 Å². The van der Waals surface area contributed by atoms with E-state index in [9.17, 15) is 27.2 Å². The lowest BCUT2D eigenvalue weighted by atomic mass is 9.91. The number of allylic oxidation sites excluding steroid dienone is 1. The molecule has 2 aromatic rings. The van der Waals surface area contributed by atoms with Crippen molar-refractivity contribution >= 4 is 38.5 Å². The van der Waals surface area contributed by atoms with Gasteiger partial charge in [0.25, 0.3) is 5.91 Å². The minimum absolute atomic E-state index is 0.0793. The summed E-state index contributed by atoms with van der Waals surface area (Å²) < 4.78 is 54.1. The fraction of sp³-hybridized carbons (Fsp3) is 0.588. The molecule has 2 saturated carbocycles. The van der Waals surface area contributed by atoms with E-state index < -0.39 is 50.6 Å². The normalized spacial score (nSPS) is 30.7. The second-order valence-electron chi connectivity index (χ2n) is 13.7. The van der Waals surface area contributed by atoms with Gasteiger partial charge in [0.1, 0.15) is 17.7 Å². The molecule has 3 heterocycles. The number of amides is 3. The van der Waals surface area contributed by atoms with Gasteiger partial charge in [0.2, 0.25) is 27.7 Å². The standard InChI is InChI=1S/C34H43FN4O7S/c1-4-45-29-15-22-11-12-36-32(26(22)17-27(29)35)46-24-16-28-31(41)37-34(33(42)38-47(43,44)25-9-10-25)18-23(34)8-6-5-7-20(2)13-21(3)14-30(40)39(28)19-24/h6,8,11-12,15,17,20-21,23-25,28H,4-5,7,9-10,13-14,16,18-19H2,1-3H3,(H,37,41)(H,38,42)/b8-6-/t20-,21+,23+,24+,28-,34+/m0/s1. The lowest BCUT2D eigenvalue weighted by molar-refractivity contribution is -0.140. The van der Waals surface area contributed by atoms with Crippen LogP contribution in [-0.2, 0) is 24.4 Å². The number of benzene rings is 1. The third-order valence-corrected chi connectivity index (χ3v) is 11.5. The molecular formula is C34H43FN4O7S. The first-order valence-corrected chi connectivity index (χ1v) is 18.2. The highest BCUT2D eigenvalue weighted by molar-refractivity contribution is 7.91. The summed E-state index contributed by atoms with van der Waals surface area (Å²) in [7, 11) is -3.84. The summed E-state index contributed by atoms with van der Waals surface area (Å²) in [5, 5.41) is 3.36. The molecule has 0 bridgehead atoms. The van der Waals surface area contributed by atoms with Gasteiger partial charge in [-0.3, -0.25) is 19.1 Å². The van der Waals surface area contributed by atoms with Crippen molar-refractivity contribution in [3.63, 3.8) is 0 Å². The van der Waals surface area contributed by atoms with Crippen LogP contribution in [0, 0.1) is 23.6 Å². The highest BCUT2D eigenvalue weighted by Crippen LogP contribution is 2.46. The van der Waals surface area contributed by atoms with Crippen molar-refractivity contribution in [3.8, 4) is 11.6 Å². The fourth-order valence-corrected chi connectivity index (χ4v) is 8.35. The molecule has 6 rings (SSSR count). The van der Waals surface area contributed by atoms with Gasteiger partial charge < -0.3 is 19.7 Å². The molecule has 1 aromatic carbocycles. The van der Waals surface area contributed by atoms with Crippen LogP contribution in [0.5, 0.6) is 11.6 Å². The molecular weight excluding hydrogens is 627 g/mol. The van der Waals surface area contributed by atoms with Crippen LogP contribution in [0.25, 0.3) is 10.8 Å². The van der Waals surface area contributed by atoms with Gasteiger partial charge in [-0.2, -0.15) is 0 Å². The number of hydrogen-bond acceptors (Lipinski definition) is 8. The van der Waals surface area contributed by atoms with Gasteiger partial charge in [0.15, 0.2) is 11.6 Å². The number of carbonyl (C=O) groups is 3. The predicted molar refractivity (Wildman–Crippen MR) is 172 cm³/mol. The average Bonchev–Trinajstić information content (AvgIpc) is 3.93. The van der Waals surface area contributed by atoms with E-state index in [-0.39, 0.29) is 55.2 Å². The second kappa shape index (κ2) is 13.0. The molecule has 11 nitrogen and oxygen atoms in total. The number of rotatable bonds is 7. The summed E-state index contributed by atoms with van der Waals surface area (Å²) in [5.74, 6) is -1.73. The van der Waals surface area contributed by atoms with Crippen LogP contribution < -0.4 is 19.5 Å². The number of ether oxygens (including phenoxy) is 2. The number of fused-ring (bicyclic) bond motifs is 3. The number of nitrogens with one attached hydrogen (secondary N) is 2. The van der Waals surface area contributed by atoms with E-state index in [0.717, 1.165) is 19.3 Å². The molecule has 47 heavy (non-hydrogen) atoms. The molecule has 3 amide bonds. The Balaban J connectivity index is 1.28. The van der Waals surface area contributed by atoms with Crippen molar-refractivity contribution in [2.75, 3.05) is 13.2 Å². The molecule has 2 N–H and O–H groups in total. The Kier molecular flexibility index (Phi) is 9.21. The van der Waals surface area contributed by atoms with Crippen molar-refractivity contribution in [3.05, 3.63) is 42.4 Å². The van der Waals surface area contributed by atoms with Crippen LogP contribution in [0.2, 0.25) is 0 Å². The molecule has 1 saturated heterocycles. The van der Waals surface area contributed by atoms with Crippen molar-refractivity contribution in [2.45, 2.75) is 95.1 Å². The van der Waals surface area contributed by atoms with Gasteiger partial charge in [0.05, 0.1) is 18.4 Å². The summed E-state index contributed by atoms with van der Waals surface area (Å²) >= 11 is 0. The van der Waals surface area contributed by atoms with Crippen LogP contribution in [0.4, 0.5) is 4.39 Å². The zero-order valence-corrected chi connectivity index (χ0v) is 27.9. The number of hydrogen-bond donors (Lipinski definition) is 2.